The number of aliphatic hydroxyl groups is 1. The Morgan fingerprint density at radius 3 is 2.67 bits per heavy atom. The van der Waals surface area contributed by atoms with E-state index in [0.29, 0.717) is 21.7 Å². The Bertz CT molecular complexity index is 470. The lowest BCUT2D eigenvalue weighted by Gasteiger charge is -2.31. The van der Waals surface area contributed by atoms with Crippen LogP contribution in [-0.2, 0) is 0 Å². The van der Waals surface area contributed by atoms with Gasteiger partial charge in [-0.3, -0.25) is 0 Å². The number of nitrogens with one attached hydrogen (secondary N) is 2. The van der Waals surface area contributed by atoms with Crippen LogP contribution < -0.4 is 10.6 Å². The monoisotopic (exact) mass is 331 g/mol. The molecule has 118 valence electrons. The predicted molar refractivity (Wildman–Crippen MR) is 89.5 cm³/mol. The van der Waals surface area contributed by atoms with Gasteiger partial charge in [-0.1, -0.05) is 43.0 Å². The number of hydrogen-bond acceptors (Lipinski definition) is 4. The zero-order valence-electron chi connectivity index (χ0n) is 12.3. The smallest absolute Gasteiger partial charge is 0.147 e. The van der Waals surface area contributed by atoms with Crippen LogP contribution in [0.5, 0.6) is 0 Å². The Morgan fingerprint density at radius 1 is 1.24 bits per heavy atom. The molecule has 2 atom stereocenters. The van der Waals surface area contributed by atoms with Gasteiger partial charge < -0.3 is 15.7 Å². The van der Waals surface area contributed by atoms with E-state index >= 15 is 0 Å². The summed E-state index contributed by atoms with van der Waals surface area (Å²) in [6.45, 7) is 3.10. The molecule has 3 N–H and O–H groups in total. The molecule has 1 aromatic rings. The fraction of sp³-hybridized carbons (Fsp3) is 0.667. The van der Waals surface area contributed by atoms with Gasteiger partial charge in [0.1, 0.15) is 11.6 Å². The lowest BCUT2D eigenvalue weighted by Crippen LogP contribution is -2.34. The molecule has 1 aliphatic carbocycles. The second-order valence-electron chi connectivity index (χ2n) is 5.55. The highest BCUT2D eigenvalue weighted by molar-refractivity contribution is 6.37. The maximum absolute atomic E-state index is 9.50. The van der Waals surface area contributed by atoms with Crippen LogP contribution in [0, 0.1) is 5.92 Å². The first kappa shape index (κ1) is 16.7. The molecule has 0 bridgehead atoms. The van der Waals surface area contributed by atoms with Gasteiger partial charge in [0.15, 0.2) is 0 Å². The van der Waals surface area contributed by atoms with Gasteiger partial charge in [-0.05, 0) is 25.3 Å². The zero-order chi connectivity index (χ0) is 15.2. The molecule has 0 aliphatic heterocycles. The number of aliphatic hydroxyl groups excluding tert-OH is 1. The van der Waals surface area contributed by atoms with Gasteiger partial charge in [0.25, 0.3) is 0 Å². The Labute approximate surface area is 136 Å². The first-order valence-corrected chi connectivity index (χ1v) is 8.38. The number of rotatable bonds is 6. The molecule has 2 rings (SSSR count). The molecule has 1 heterocycles. The minimum atomic E-state index is 0.198. The van der Waals surface area contributed by atoms with E-state index in [2.05, 4.69) is 22.5 Å². The zero-order valence-corrected chi connectivity index (χ0v) is 13.8. The first-order chi connectivity index (χ1) is 10.2. The van der Waals surface area contributed by atoms with E-state index in [0.717, 1.165) is 25.8 Å². The maximum Gasteiger partial charge on any atom is 0.147 e. The summed E-state index contributed by atoms with van der Waals surface area (Å²) >= 11 is 12.4. The van der Waals surface area contributed by atoms with E-state index in [1.165, 1.54) is 12.8 Å². The van der Waals surface area contributed by atoms with Crippen LogP contribution in [0.3, 0.4) is 0 Å². The summed E-state index contributed by atoms with van der Waals surface area (Å²) in [6, 6.07) is 1.93. The number of aromatic nitrogens is 1. The summed E-state index contributed by atoms with van der Waals surface area (Å²) in [4.78, 5) is 4.50. The lowest BCUT2D eigenvalue weighted by atomic mass is 9.85. The largest absolute Gasteiger partial charge is 0.396 e. The summed E-state index contributed by atoms with van der Waals surface area (Å²) in [5.74, 6) is 1.56. The minimum absolute atomic E-state index is 0.198. The second kappa shape index (κ2) is 8.06. The molecule has 2 unspecified atom stereocenters. The molecule has 21 heavy (non-hydrogen) atoms. The molecule has 1 fully saturated rings. The van der Waals surface area contributed by atoms with Crippen molar-refractivity contribution in [2.24, 2.45) is 5.92 Å². The van der Waals surface area contributed by atoms with Gasteiger partial charge in [0.05, 0.1) is 10.0 Å². The first-order valence-electron chi connectivity index (χ1n) is 7.63. The summed E-state index contributed by atoms with van der Waals surface area (Å²) in [5.41, 5.74) is 0. The minimum Gasteiger partial charge on any atom is -0.396 e. The highest BCUT2D eigenvalue weighted by atomic mass is 35.5. The number of nitrogens with zero attached hydrogens (tertiary/aromatic N) is 1. The Morgan fingerprint density at radius 2 is 1.95 bits per heavy atom. The molecule has 0 spiro atoms. The van der Waals surface area contributed by atoms with Gasteiger partial charge in [-0.25, -0.2) is 4.98 Å². The molecule has 0 saturated heterocycles. The number of pyridine rings is 1. The number of halogens is 2. The topological polar surface area (TPSA) is 57.2 Å². The van der Waals surface area contributed by atoms with Crippen molar-refractivity contribution in [3.05, 3.63) is 16.1 Å². The van der Waals surface area contributed by atoms with Crippen LogP contribution in [0.2, 0.25) is 10.0 Å². The van der Waals surface area contributed by atoms with Crippen molar-refractivity contribution in [1.82, 2.24) is 4.98 Å². The fourth-order valence-electron chi connectivity index (χ4n) is 2.73. The van der Waals surface area contributed by atoms with Crippen molar-refractivity contribution >= 4 is 34.8 Å². The summed E-state index contributed by atoms with van der Waals surface area (Å²) in [5, 5.41) is 17.1. The number of hydrogen-bond donors (Lipinski definition) is 3. The summed E-state index contributed by atoms with van der Waals surface area (Å²) in [6.07, 6.45) is 5.41. The molecular formula is C15H23Cl2N3O. The third-order valence-corrected chi connectivity index (χ3v) is 4.51. The molecule has 0 radical (unpaired) electrons. The molecule has 0 amide bonds. The highest BCUT2D eigenvalue weighted by Gasteiger charge is 2.25. The Balaban J connectivity index is 2.14. The molecule has 1 aromatic heterocycles. The quantitative estimate of drug-likeness (QED) is 0.732. The van der Waals surface area contributed by atoms with Gasteiger partial charge in [-0.15, -0.1) is 0 Å². The van der Waals surface area contributed by atoms with E-state index in [1.807, 2.05) is 0 Å². The number of anilines is 2. The molecule has 0 aromatic carbocycles. The van der Waals surface area contributed by atoms with Crippen LogP contribution in [0.4, 0.5) is 11.6 Å². The second-order valence-corrected chi connectivity index (χ2v) is 6.37. The maximum atomic E-state index is 9.50. The van der Waals surface area contributed by atoms with Gasteiger partial charge in [0, 0.05) is 25.1 Å². The average Bonchev–Trinajstić information content (AvgIpc) is 2.49. The molecule has 1 aliphatic rings. The van der Waals surface area contributed by atoms with Crippen LogP contribution in [0.15, 0.2) is 6.07 Å². The SMILES string of the molecule is CCCNc1nc(NC2CCCCC2CO)c(Cl)cc1Cl. The Kier molecular flexibility index (Phi) is 6.40. The van der Waals surface area contributed by atoms with Crippen LogP contribution in [-0.4, -0.2) is 29.3 Å². The van der Waals surface area contributed by atoms with E-state index in [4.69, 9.17) is 23.2 Å². The normalized spacial score (nSPS) is 22.1. The molecule has 4 nitrogen and oxygen atoms in total. The average molecular weight is 332 g/mol. The standard InChI is InChI=1S/C15H23Cl2N3O/c1-2-7-18-14-11(16)8-12(17)15(20-14)19-13-6-4-3-5-10(13)9-21/h8,10,13,21H,2-7,9H2,1H3,(H2,18,19,20). The van der Waals surface area contributed by atoms with Crippen LogP contribution >= 0.6 is 23.2 Å². The molecular weight excluding hydrogens is 309 g/mol. The highest BCUT2D eigenvalue weighted by Crippen LogP contribution is 2.32. The molecule has 6 heteroatoms. The van der Waals surface area contributed by atoms with Crippen molar-refractivity contribution in [3.63, 3.8) is 0 Å². The summed E-state index contributed by atoms with van der Waals surface area (Å²) in [7, 11) is 0. The van der Waals surface area contributed by atoms with Crippen molar-refractivity contribution < 1.29 is 5.11 Å². The van der Waals surface area contributed by atoms with Crippen molar-refractivity contribution in [3.8, 4) is 0 Å². The summed E-state index contributed by atoms with van der Waals surface area (Å²) < 4.78 is 0. The predicted octanol–water partition coefficient (Wildman–Crippen LogP) is 4.17. The van der Waals surface area contributed by atoms with Gasteiger partial charge in [-0.2, -0.15) is 0 Å². The van der Waals surface area contributed by atoms with Crippen molar-refractivity contribution in [2.45, 2.75) is 45.1 Å². The third-order valence-electron chi connectivity index (χ3n) is 3.94. The van der Waals surface area contributed by atoms with E-state index in [9.17, 15) is 5.11 Å². The van der Waals surface area contributed by atoms with Gasteiger partial charge >= 0.3 is 0 Å². The lowest BCUT2D eigenvalue weighted by molar-refractivity contribution is 0.178. The van der Waals surface area contributed by atoms with E-state index < -0.39 is 0 Å². The Hall–Kier alpha value is -0.710. The van der Waals surface area contributed by atoms with Crippen LogP contribution in [0.25, 0.3) is 0 Å². The van der Waals surface area contributed by atoms with Crippen molar-refractivity contribution in [2.75, 3.05) is 23.8 Å². The fourth-order valence-corrected chi connectivity index (χ4v) is 3.21. The third kappa shape index (κ3) is 4.38. The van der Waals surface area contributed by atoms with E-state index in [-0.39, 0.29) is 18.6 Å². The van der Waals surface area contributed by atoms with Crippen LogP contribution in [0.1, 0.15) is 39.0 Å². The van der Waals surface area contributed by atoms with E-state index in [1.54, 1.807) is 6.07 Å². The van der Waals surface area contributed by atoms with Crippen molar-refractivity contribution in [1.29, 1.82) is 0 Å². The molecule has 1 saturated carbocycles. The van der Waals surface area contributed by atoms with Gasteiger partial charge in [0.2, 0.25) is 0 Å².